The Bertz CT molecular complexity index is 1150. The number of benzene rings is 2. The van der Waals surface area contributed by atoms with E-state index >= 15 is 0 Å². The lowest BCUT2D eigenvalue weighted by Gasteiger charge is -2.13. The van der Waals surface area contributed by atoms with E-state index in [1.807, 2.05) is 0 Å². The number of ether oxygens (including phenoxy) is 1. The summed E-state index contributed by atoms with van der Waals surface area (Å²) in [5.74, 6) is -0.312. The van der Waals surface area contributed by atoms with E-state index in [1.165, 1.54) is 29.9 Å². The molecule has 1 N–H and O–H groups in total. The summed E-state index contributed by atoms with van der Waals surface area (Å²) in [7, 11) is -2.56. The van der Waals surface area contributed by atoms with Crippen molar-refractivity contribution in [2.24, 2.45) is 0 Å². The number of nitrogens with one attached hydrogen (secondary N) is 1. The summed E-state index contributed by atoms with van der Waals surface area (Å²) < 4.78 is 39.8. The van der Waals surface area contributed by atoms with Gasteiger partial charge in [0.1, 0.15) is 10.6 Å². The maximum atomic E-state index is 12.8. The summed E-state index contributed by atoms with van der Waals surface area (Å²) in [5, 5.41) is 0.115. The number of hydrogen-bond donors (Lipinski definition) is 1. The first-order chi connectivity index (χ1) is 12.3. The van der Waals surface area contributed by atoms with E-state index < -0.39 is 15.8 Å². The third-order valence-corrected chi connectivity index (χ3v) is 5.63. The standard InChI is InChI=1S/C17H17ClN2O5S/c1-4-20-13-9-12(11(18)8-15(13)25-17(20)21)19-26(22,23)16-7-10(2)5-6-14(16)24-3/h5-9,19H,4H2,1-3H3. The van der Waals surface area contributed by atoms with Gasteiger partial charge in [0.2, 0.25) is 0 Å². The van der Waals surface area contributed by atoms with Crippen molar-refractivity contribution in [3.63, 3.8) is 0 Å². The van der Waals surface area contributed by atoms with Crippen LogP contribution in [0.1, 0.15) is 12.5 Å². The number of fused-ring (bicyclic) bond motifs is 1. The molecule has 0 spiro atoms. The first-order valence-corrected chi connectivity index (χ1v) is 9.63. The van der Waals surface area contributed by atoms with Crippen LogP contribution in [0.4, 0.5) is 5.69 Å². The fraction of sp³-hybridized carbons (Fsp3) is 0.235. The average Bonchev–Trinajstić information content (AvgIpc) is 2.89. The molecule has 3 aromatic rings. The van der Waals surface area contributed by atoms with Crippen LogP contribution in [0.25, 0.3) is 11.1 Å². The number of aromatic nitrogens is 1. The van der Waals surface area contributed by atoms with Crippen molar-refractivity contribution in [3.8, 4) is 5.75 Å². The lowest BCUT2D eigenvalue weighted by molar-refractivity contribution is 0.402. The quantitative estimate of drug-likeness (QED) is 0.713. The third kappa shape index (κ3) is 3.17. The summed E-state index contributed by atoms with van der Waals surface area (Å²) >= 11 is 6.18. The Balaban J connectivity index is 2.12. The molecule has 0 saturated heterocycles. The van der Waals surface area contributed by atoms with Crippen LogP contribution in [0.5, 0.6) is 5.75 Å². The van der Waals surface area contributed by atoms with Gasteiger partial charge in [0.05, 0.1) is 23.3 Å². The number of hydrogen-bond acceptors (Lipinski definition) is 5. The van der Waals surface area contributed by atoms with Crippen molar-refractivity contribution < 1.29 is 17.6 Å². The second-order valence-corrected chi connectivity index (χ2v) is 7.73. The third-order valence-electron chi connectivity index (χ3n) is 3.93. The Morgan fingerprint density at radius 3 is 2.65 bits per heavy atom. The van der Waals surface area contributed by atoms with E-state index in [-0.39, 0.29) is 26.9 Å². The van der Waals surface area contributed by atoms with Gasteiger partial charge in [-0.1, -0.05) is 17.7 Å². The van der Waals surface area contributed by atoms with Gasteiger partial charge in [-0.25, -0.2) is 13.2 Å². The minimum absolute atomic E-state index is 0.00348. The number of halogens is 1. The summed E-state index contributed by atoms with van der Waals surface area (Å²) in [4.78, 5) is 11.8. The predicted octanol–water partition coefficient (Wildman–Crippen LogP) is 3.39. The van der Waals surface area contributed by atoms with Crippen LogP contribution in [-0.2, 0) is 16.6 Å². The molecule has 2 aromatic carbocycles. The highest BCUT2D eigenvalue weighted by molar-refractivity contribution is 7.92. The number of anilines is 1. The molecule has 1 aromatic heterocycles. The van der Waals surface area contributed by atoms with Gasteiger partial charge < -0.3 is 9.15 Å². The number of nitrogens with zero attached hydrogens (tertiary/aromatic N) is 1. The van der Waals surface area contributed by atoms with Gasteiger partial charge in [0, 0.05) is 12.6 Å². The molecule has 138 valence electrons. The molecule has 0 aliphatic heterocycles. The van der Waals surface area contributed by atoms with E-state index in [9.17, 15) is 13.2 Å². The molecule has 0 aliphatic carbocycles. The Labute approximate surface area is 155 Å². The predicted molar refractivity (Wildman–Crippen MR) is 99.7 cm³/mol. The van der Waals surface area contributed by atoms with Crippen LogP contribution in [0, 0.1) is 6.92 Å². The van der Waals surface area contributed by atoms with Crippen molar-refractivity contribution >= 4 is 38.4 Å². The van der Waals surface area contributed by atoms with Crippen molar-refractivity contribution in [1.82, 2.24) is 4.57 Å². The van der Waals surface area contributed by atoms with Crippen LogP contribution in [0.3, 0.4) is 0 Å². The summed E-state index contributed by atoms with van der Waals surface area (Å²) in [6.45, 7) is 3.95. The lowest BCUT2D eigenvalue weighted by atomic mass is 10.2. The van der Waals surface area contributed by atoms with E-state index in [0.717, 1.165) is 5.56 Å². The SMILES string of the molecule is CCn1c(=O)oc2cc(Cl)c(NS(=O)(=O)c3cc(C)ccc3OC)cc21. The first kappa shape index (κ1) is 18.3. The number of sulfonamides is 1. The molecule has 7 nitrogen and oxygen atoms in total. The van der Waals surface area contributed by atoms with Crippen LogP contribution >= 0.6 is 11.6 Å². The molecule has 3 rings (SSSR count). The van der Waals surface area contributed by atoms with Crippen LogP contribution in [-0.4, -0.2) is 20.1 Å². The molecule has 0 unspecified atom stereocenters. The molecule has 0 bridgehead atoms. The fourth-order valence-corrected chi connectivity index (χ4v) is 4.24. The largest absolute Gasteiger partial charge is 0.495 e. The smallest absolute Gasteiger partial charge is 0.419 e. The lowest BCUT2D eigenvalue weighted by Crippen LogP contribution is -2.15. The fourth-order valence-electron chi connectivity index (χ4n) is 2.66. The Morgan fingerprint density at radius 1 is 1.27 bits per heavy atom. The van der Waals surface area contributed by atoms with Crippen molar-refractivity contribution in [2.45, 2.75) is 25.3 Å². The van der Waals surface area contributed by atoms with Gasteiger partial charge >= 0.3 is 5.76 Å². The molecule has 0 atom stereocenters. The number of methoxy groups -OCH3 is 1. The molecule has 0 saturated carbocycles. The Hall–Kier alpha value is -2.45. The van der Waals surface area contributed by atoms with Crippen molar-refractivity contribution in [3.05, 3.63) is 51.5 Å². The Kier molecular flexibility index (Phi) is 4.72. The van der Waals surface area contributed by atoms with E-state index in [1.54, 1.807) is 26.0 Å². The van der Waals surface area contributed by atoms with Gasteiger partial charge in [-0.3, -0.25) is 9.29 Å². The van der Waals surface area contributed by atoms with Crippen molar-refractivity contribution in [2.75, 3.05) is 11.8 Å². The van der Waals surface area contributed by atoms with Gasteiger partial charge in [-0.05, 0) is 37.6 Å². The molecular weight excluding hydrogens is 380 g/mol. The zero-order chi connectivity index (χ0) is 19.1. The number of aryl methyl sites for hydroxylation is 2. The molecule has 0 amide bonds. The van der Waals surface area contributed by atoms with Crippen LogP contribution < -0.4 is 15.2 Å². The molecule has 9 heteroatoms. The van der Waals surface area contributed by atoms with Crippen molar-refractivity contribution in [1.29, 1.82) is 0 Å². The van der Waals surface area contributed by atoms with E-state index in [4.69, 9.17) is 20.8 Å². The minimum atomic E-state index is -3.96. The molecule has 0 fully saturated rings. The van der Waals surface area contributed by atoms with Gasteiger partial charge in [0.15, 0.2) is 5.58 Å². The molecular formula is C17H17ClN2O5S. The highest BCUT2D eigenvalue weighted by atomic mass is 35.5. The zero-order valence-electron chi connectivity index (χ0n) is 14.4. The molecule has 0 radical (unpaired) electrons. The van der Waals surface area contributed by atoms with Gasteiger partial charge in [-0.15, -0.1) is 0 Å². The van der Waals surface area contributed by atoms with Crippen LogP contribution in [0.2, 0.25) is 5.02 Å². The van der Waals surface area contributed by atoms with E-state index in [0.29, 0.717) is 12.1 Å². The summed E-state index contributed by atoms with van der Waals surface area (Å²) in [6, 6.07) is 7.73. The first-order valence-electron chi connectivity index (χ1n) is 7.77. The topological polar surface area (TPSA) is 90.5 Å². The zero-order valence-corrected chi connectivity index (χ0v) is 15.9. The highest BCUT2D eigenvalue weighted by Gasteiger charge is 2.22. The van der Waals surface area contributed by atoms with Gasteiger partial charge in [0.25, 0.3) is 10.0 Å². The maximum absolute atomic E-state index is 12.8. The van der Waals surface area contributed by atoms with Crippen LogP contribution in [0.15, 0.2) is 44.4 Å². The number of rotatable bonds is 5. The Morgan fingerprint density at radius 2 is 2.00 bits per heavy atom. The highest BCUT2D eigenvalue weighted by Crippen LogP contribution is 2.32. The molecule has 1 heterocycles. The second-order valence-electron chi connectivity index (χ2n) is 5.67. The van der Waals surface area contributed by atoms with E-state index in [2.05, 4.69) is 4.72 Å². The summed E-state index contributed by atoms with van der Waals surface area (Å²) in [5.41, 5.74) is 1.65. The maximum Gasteiger partial charge on any atom is 0.419 e. The molecule has 26 heavy (non-hydrogen) atoms. The molecule has 0 aliphatic rings. The normalized spacial score (nSPS) is 11.7. The average molecular weight is 397 g/mol. The number of oxazole rings is 1. The minimum Gasteiger partial charge on any atom is -0.495 e. The van der Waals surface area contributed by atoms with Gasteiger partial charge in [-0.2, -0.15) is 0 Å². The summed E-state index contributed by atoms with van der Waals surface area (Å²) in [6.07, 6.45) is 0. The second kappa shape index (κ2) is 6.69. The monoisotopic (exact) mass is 396 g/mol.